The number of nitrogens with one attached hydrogen (secondary N) is 2. The first-order valence-corrected chi connectivity index (χ1v) is 10.3. The van der Waals surface area contributed by atoms with E-state index in [0.717, 1.165) is 23.5 Å². The first-order chi connectivity index (χ1) is 16.3. The van der Waals surface area contributed by atoms with Crippen LogP contribution in [0.1, 0.15) is 25.5 Å². The second-order valence-electron chi connectivity index (χ2n) is 6.10. The molecule has 2 aromatic heterocycles. The van der Waals surface area contributed by atoms with Gasteiger partial charge in [0.25, 0.3) is 0 Å². The zero-order valence-corrected chi connectivity index (χ0v) is 19.5. The lowest BCUT2D eigenvalue weighted by Gasteiger charge is -2.35. The quantitative estimate of drug-likeness (QED) is 0.455. The highest BCUT2D eigenvalue weighted by Gasteiger charge is 2.33. The minimum Gasteiger partial charge on any atom is -0.340 e. The zero-order chi connectivity index (χ0) is 25.8. The third-order valence-electron chi connectivity index (χ3n) is 3.99. The molecule has 0 aliphatic carbocycles. The van der Waals surface area contributed by atoms with Gasteiger partial charge in [-0.3, -0.25) is 4.79 Å². The third-order valence-corrected chi connectivity index (χ3v) is 6.11. The zero-order valence-electron chi connectivity index (χ0n) is 21.3. The van der Waals surface area contributed by atoms with E-state index >= 15 is 0 Å². The lowest BCUT2D eigenvalue weighted by atomic mass is 10.1. The van der Waals surface area contributed by atoms with E-state index in [4.69, 9.17) is 19.8 Å². The summed E-state index contributed by atoms with van der Waals surface area (Å²) in [4.78, 5) is 18.6. The Morgan fingerprint density at radius 2 is 2.33 bits per heavy atom. The molecule has 1 fully saturated rings. The van der Waals surface area contributed by atoms with Crippen LogP contribution in [0.25, 0.3) is 10.6 Å². The van der Waals surface area contributed by atoms with Crippen molar-refractivity contribution in [2.75, 3.05) is 12.3 Å². The molecule has 30 heavy (non-hydrogen) atoms. The van der Waals surface area contributed by atoms with Crippen molar-refractivity contribution in [3.63, 3.8) is 0 Å². The van der Waals surface area contributed by atoms with Crippen molar-refractivity contribution in [3.05, 3.63) is 58.6 Å². The molecule has 1 saturated heterocycles. The van der Waals surface area contributed by atoms with E-state index in [0.29, 0.717) is 31.9 Å². The number of aromatic nitrogens is 2. The summed E-state index contributed by atoms with van der Waals surface area (Å²) in [5.74, 6) is -1.90. The Bertz CT molecular complexity index is 1280. The van der Waals surface area contributed by atoms with Crippen LogP contribution in [0.3, 0.4) is 0 Å². The summed E-state index contributed by atoms with van der Waals surface area (Å²) in [6.07, 6.45) is 1.46. The maximum atomic E-state index is 13.5. The molecule has 0 radical (unpaired) electrons. The van der Waals surface area contributed by atoms with E-state index < -0.39 is 37.1 Å². The molecule has 3 heterocycles. The molecule has 3 atom stereocenters. The molecule has 1 amide bonds. The number of carbonyl (C=O) groups is 1. The first-order valence-electron chi connectivity index (χ1n) is 11.4. The van der Waals surface area contributed by atoms with Crippen LogP contribution >= 0.6 is 52.1 Å². The third kappa shape index (κ3) is 5.06. The molecule has 4 rings (SSSR count). The van der Waals surface area contributed by atoms with Gasteiger partial charge in [0, 0.05) is 41.4 Å². The molecular formula is C19H20BrClFN5OS2. The summed E-state index contributed by atoms with van der Waals surface area (Å²) in [5.41, 5.74) is 0.655. The second kappa shape index (κ2) is 9.80. The molecule has 0 spiro atoms. The number of halogens is 3. The van der Waals surface area contributed by atoms with Gasteiger partial charge >= 0.3 is 0 Å². The van der Waals surface area contributed by atoms with E-state index in [-0.39, 0.29) is 27.7 Å². The first kappa shape index (κ1) is 16.2. The van der Waals surface area contributed by atoms with Gasteiger partial charge < -0.3 is 9.88 Å². The monoisotopic (exact) mass is 537 g/mol. The van der Waals surface area contributed by atoms with Gasteiger partial charge in [-0.1, -0.05) is 11.6 Å². The van der Waals surface area contributed by atoms with Crippen LogP contribution in [0.2, 0.25) is 5.02 Å². The Kier molecular flexibility index (Phi) is 5.30. The molecular weight excluding hydrogens is 513 g/mol. The molecule has 3 aromatic rings. The van der Waals surface area contributed by atoms with Crippen LogP contribution in [0.15, 0.2) is 42.9 Å². The molecule has 160 valence electrons. The van der Waals surface area contributed by atoms with Gasteiger partial charge in [-0.15, -0.1) is 28.3 Å². The molecule has 1 aliphatic heterocycles. The van der Waals surface area contributed by atoms with Crippen molar-refractivity contribution < 1.29 is 17.4 Å². The summed E-state index contributed by atoms with van der Waals surface area (Å²) in [7, 11) is 1.81. The standard InChI is InChI=1S/C19H19ClFN5OS2.BrH/c1-25-9-15(22-10-25)18-6-5-17(28-18)14-8-16(26(2)29-24-14)19(27)23-11-3-4-13(21)12(20)7-11;/h3-7,9-10,14,16,24H,8H2,1-2H3,(H,23,27);1H/t14-,16+;/m0./s1/i2D3,8D,14D,16D;/t8?,14-,16+;. The van der Waals surface area contributed by atoms with Crippen molar-refractivity contribution >= 4 is 63.6 Å². The average molecular weight is 539 g/mol. The number of likely N-dealkylation sites (N-methyl/N-ethyl adjacent to an activating group) is 1. The Morgan fingerprint density at radius 3 is 3.03 bits per heavy atom. The molecule has 1 aliphatic rings. The van der Waals surface area contributed by atoms with Crippen LogP contribution in [0, 0.1) is 5.82 Å². The maximum absolute atomic E-state index is 13.5. The smallest absolute Gasteiger partial charge is 0.242 e. The fraction of sp³-hybridized carbons (Fsp3) is 0.263. The number of nitrogens with zero attached hydrogens (tertiary/aromatic N) is 3. The molecule has 0 bridgehead atoms. The SMILES string of the molecule is Br.[2H]C1[C@]([2H])(C(=O)Nc2ccc(F)c(Cl)c2)N(C([2H])([2H])[2H])SN[C@]1([2H])c1ccc(-c2cn(C)cn2)s1. The Morgan fingerprint density at radius 1 is 1.50 bits per heavy atom. The summed E-state index contributed by atoms with van der Waals surface area (Å²) < 4.78 is 68.7. The number of rotatable bonds is 4. The van der Waals surface area contributed by atoms with Gasteiger partial charge in [-0.2, -0.15) is 0 Å². The van der Waals surface area contributed by atoms with Crippen LogP contribution < -0.4 is 10.0 Å². The number of anilines is 1. The Balaban J connectivity index is 0.00000361. The van der Waals surface area contributed by atoms with E-state index in [1.54, 1.807) is 36.3 Å². The topological polar surface area (TPSA) is 62.2 Å². The van der Waals surface area contributed by atoms with Gasteiger partial charge in [0.15, 0.2) is 0 Å². The van der Waals surface area contributed by atoms with E-state index in [9.17, 15) is 9.18 Å². The molecule has 11 heteroatoms. The van der Waals surface area contributed by atoms with Crippen molar-refractivity contribution in [3.8, 4) is 10.6 Å². The van der Waals surface area contributed by atoms with Gasteiger partial charge in [-0.05, 0) is 43.7 Å². The number of hydrogen-bond acceptors (Lipinski definition) is 6. The highest BCUT2D eigenvalue weighted by Crippen LogP contribution is 2.37. The van der Waals surface area contributed by atoms with Crippen LogP contribution in [0.5, 0.6) is 0 Å². The van der Waals surface area contributed by atoms with Crippen molar-refractivity contribution in [2.24, 2.45) is 7.05 Å². The summed E-state index contributed by atoms with van der Waals surface area (Å²) in [6, 6.07) is 1.83. The number of benzene rings is 1. The minimum atomic E-state index is -2.97. The van der Waals surface area contributed by atoms with Crippen LogP contribution in [0.4, 0.5) is 10.1 Å². The van der Waals surface area contributed by atoms with Crippen molar-refractivity contribution in [2.45, 2.75) is 18.4 Å². The fourth-order valence-corrected chi connectivity index (χ4v) is 4.35. The van der Waals surface area contributed by atoms with E-state index in [2.05, 4.69) is 15.0 Å². The number of carbonyl (C=O) groups excluding carboxylic acids is 1. The molecule has 6 nitrogen and oxygen atoms in total. The highest BCUT2D eigenvalue weighted by atomic mass is 79.9. The van der Waals surface area contributed by atoms with Gasteiger partial charge in [0.05, 0.1) is 30.7 Å². The number of hydrogen-bond donors (Lipinski definition) is 2. The lowest BCUT2D eigenvalue weighted by Crippen LogP contribution is -2.45. The summed E-state index contributed by atoms with van der Waals surface area (Å²) >= 11 is 7.31. The Labute approximate surface area is 206 Å². The van der Waals surface area contributed by atoms with Crippen molar-refractivity contribution in [1.82, 2.24) is 18.6 Å². The fourth-order valence-electron chi connectivity index (χ4n) is 2.58. The molecule has 1 aromatic carbocycles. The number of amides is 1. The average Bonchev–Trinajstić information content (AvgIpc) is 3.43. The molecule has 1 unspecified atom stereocenters. The second-order valence-corrected chi connectivity index (χ2v) is 8.35. The van der Waals surface area contributed by atoms with Gasteiger partial charge in [0.2, 0.25) is 5.91 Å². The number of imidazole rings is 1. The largest absolute Gasteiger partial charge is 0.340 e. The van der Waals surface area contributed by atoms with E-state index in [1.807, 2.05) is 0 Å². The number of thiophene rings is 1. The predicted molar refractivity (Wildman–Crippen MR) is 127 cm³/mol. The predicted octanol–water partition coefficient (Wildman–Crippen LogP) is 5.06. The lowest BCUT2D eigenvalue weighted by molar-refractivity contribution is -0.119. The maximum Gasteiger partial charge on any atom is 0.242 e. The van der Waals surface area contributed by atoms with Gasteiger partial charge in [0.1, 0.15) is 11.8 Å². The Hall–Kier alpha value is -1.43. The van der Waals surface area contributed by atoms with E-state index in [1.165, 1.54) is 6.07 Å². The molecule has 2 N–H and O–H groups in total. The molecule has 0 saturated carbocycles. The normalized spacial score (nSPS) is 30.0. The van der Waals surface area contributed by atoms with Crippen molar-refractivity contribution in [1.29, 1.82) is 0 Å². The van der Waals surface area contributed by atoms with Crippen LogP contribution in [-0.4, -0.2) is 32.8 Å². The van der Waals surface area contributed by atoms with Crippen LogP contribution in [-0.2, 0) is 11.8 Å². The highest BCUT2D eigenvalue weighted by molar-refractivity contribution is 8.93. The number of aryl methyl sites for hydroxylation is 1. The summed E-state index contributed by atoms with van der Waals surface area (Å²) in [6.45, 7) is -2.97. The minimum absolute atomic E-state index is 0. The van der Waals surface area contributed by atoms with Gasteiger partial charge in [-0.25, -0.2) is 18.4 Å². The summed E-state index contributed by atoms with van der Waals surface area (Å²) in [5, 5.41) is 2.07.